The Kier molecular flexibility index (Phi) is 4.74. The highest BCUT2D eigenvalue weighted by atomic mass is 16.4. The van der Waals surface area contributed by atoms with Crippen molar-refractivity contribution in [3.8, 4) is 0 Å². The molecule has 1 aromatic carbocycles. The fraction of sp³-hybridized carbons (Fsp3) is 0.438. The quantitative estimate of drug-likeness (QED) is 0.904. The highest BCUT2D eigenvalue weighted by Gasteiger charge is 2.31. The molecule has 0 radical (unpaired) electrons. The molecule has 1 N–H and O–H groups in total. The summed E-state index contributed by atoms with van der Waals surface area (Å²) in [5.74, 6) is -0.886. The van der Waals surface area contributed by atoms with Gasteiger partial charge in [0.05, 0.1) is 5.92 Å². The summed E-state index contributed by atoms with van der Waals surface area (Å²) < 4.78 is 0. The monoisotopic (exact) mass is 259 g/mol. The fourth-order valence-corrected chi connectivity index (χ4v) is 2.69. The smallest absolute Gasteiger partial charge is 0.308 e. The summed E-state index contributed by atoms with van der Waals surface area (Å²) in [7, 11) is 0. The van der Waals surface area contributed by atoms with Gasteiger partial charge in [-0.25, -0.2) is 0 Å². The largest absolute Gasteiger partial charge is 0.481 e. The van der Waals surface area contributed by atoms with E-state index in [0.29, 0.717) is 0 Å². The van der Waals surface area contributed by atoms with E-state index in [1.165, 1.54) is 5.56 Å². The molecule has 1 aromatic rings. The zero-order valence-electron chi connectivity index (χ0n) is 11.3. The highest BCUT2D eigenvalue weighted by molar-refractivity contribution is 5.71. The average molecular weight is 259 g/mol. The number of benzene rings is 1. The maximum absolute atomic E-state index is 11.2. The van der Waals surface area contributed by atoms with E-state index >= 15 is 0 Å². The molecule has 1 saturated heterocycles. The van der Waals surface area contributed by atoms with Gasteiger partial charge in [-0.3, -0.25) is 9.69 Å². The van der Waals surface area contributed by atoms with E-state index in [-0.39, 0.29) is 12.0 Å². The Morgan fingerprint density at radius 2 is 2.16 bits per heavy atom. The fourth-order valence-electron chi connectivity index (χ4n) is 2.69. The number of aliphatic carboxylic acids is 1. The lowest BCUT2D eigenvalue weighted by molar-refractivity contribution is -0.145. The zero-order valence-corrected chi connectivity index (χ0v) is 11.3. The third-order valence-corrected chi connectivity index (χ3v) is 3.89. The molecule has 0 aromatic heterocycles. The molecule has 1 fully saturated rings. The van der Waals surface area contributed by atoms with Crippen molar-refractivity contribution in [2.45, 2.75) is 25.8 Å². The molecule has 3 heteroatoms. The third-order valence-electron chi connectivity index (χ3n) is 3.89. The van der Waals surface area contributed by atoms with Crippen LogP contribution < -0.4 is 0 Å². The van der Waals surface area contributed by atoms with Gasteiger partial charge >= 0.3 is 5.97 Å². The summed E-state index contributed by atoms with van der Waals surface area (Å²) in [5.41, 5.74) is 1.18. The number of likely N-dealkylation sites (tertiary alicyclic amines) is 1. The molecule has 3 nitrogen and oxygen atoms in total. The summed E-state index contributed by atoms with van der Waals surface area (Å²) in [5, 5.41) is 9.19. The number of nitrogens with zero attached hydrogens (tertiary/aromatic N) is 1. The topological polar surface area (TPSA) is 40.5 Å². The number of carboxylic acid groups (broad SMARTS) is 1. The van der Waals surface area contributed by atoms with E-state index in [4.69, 9.17) is 0 Å². The molecule has 0 spiro atoms. The van der Waals surface area contributed by atoms with Crippen LogP contribution in [0.3, 0.4) is 0 Å². The molecular weight excluding hydrogens is 238 g/mol. The molecule has 0 aliphatic carbocycles. The maximum Gasteiger partial charge on any atom is 0.308 e. The Morgan fingerprint density at radius 1 is 1.42 bits per heavy atom. The van der Waals surface area contributed by atoms with Crippen LogP contribution in [0.2, 0.25) is 0 Å². The van der Waals surface area contributed by atoms with Crippen molar-refractivity contribution >= 4 is 12.0 Å². The summed E-state index contributed by atoms with van der Waals surface area (Å²) in [6.45, 7) is 3.83. The van der Waals surface area contributed by atoms with Gasteiger partial charge in [0.25, 0.3) is 0 Å². The molecule has 0 bridgehead atoms. The summed E-state index contributed by atoms with van der Waals surface area (Å²) in [6, 6.07) is 10.3. The van der Waals surface area contributed by atoms with Crippen LogP contribution in [0.25, 0.3) is 6.08 Å². The standard InChI is InChI=1S/C16H21NO2/c1-13-15(16(18)19)10-6-12-17(13)11-5-9-14-7-3-2-4-8-14/h2-5,7-9,13,15H,6,10-12H2,1H3,(H,18,19)/b9-5+/t13-,15-/m1/s1. The number of piperidine rings is 1. The molecule has 0 unspecified atom stereocenters. The number of carboxylic acids is 1. The second-order valence-corrected chi connectivity index (χ2v) is 5.14. The van der Waals surface area contributed by atoms with Crippen LogP contribution >= 0.6 is 0 Å². The van der Waals surface area contributed by atoms with Gasteiger partial charge in [0.2, 0.25) is 0 Å². The Hall–Kier alpha value is -1.61. The summed E-state index contributed by atoms with van der Waals surface area (Å²) in [4.78, 5) is 13.4. The van der Waals surface area contributed by atoms with Crippen molar-refractivity contribution in [2.24, 2.45) is 5.92 Å². The molecule has 0 saturated carbocycles. The second kappa shape index (κ2) is 6.53. The van der Waals surface area contributed by atoms with Crippen molar-refractivity contribution in [1.82, 2.24) is 4.90 Å². The van der Waals surface area contributed by atoms with Crippen molar-refractivity contribution < 1.29 is 9.90 Å². The molecule has 1 aliphatic rings. The predicted molar refractivity (Wildman–Crippen MR) is 76.9 cm³/mol. The van der Waals surface area contributed by atoms with Crippen molar-refractivity contribution in [1.29, 1.82) is 0 Å². The minimum Gasteiger partial charge on any atom is -0.481 e. The predicted octanol–water partition coefficient (Wildman–Crippen LogP) is 2.88. The van der Waals surface area contributed by atoms with Gasteiger partial charge in [0.1, 0.15) is 0 Å². The van der Waals surface area contributed by atoms with Crippen LogP contribution in [0.4, 0.5) is 0 Å². The van der Waals surface area contributed by atoms with E-state index in [1.54, 1.807) is 0 Å². The van der Waals surface area contributed by atoms with Crippen molar-refractivity contribution in [3.05, 3.63) is 42.0 Å². The first-order chi connectivity index (χ1) is 9.18. The molecule has 19 heavy (non-hydrogen) atoms. The lowest BCUT2D eigenvalue weighted by Crippen LogP contribution is -2.46. The van der Waals surface area contributed by atoms with E-state index in [2.05, 4.69) is 29.2 Å². The van der Waals surface area contributed by atoms with Crippen molar-refractivity contribution in [3.63, 3.8) is 0 Å². The average Bonchev–Trinajstić information content (AvgIpc) is 2.41. The molecule has 2 atom stereocenters. The van der Waals surface area contributed by atoms with E-state index in [1.807, 2.05) is 25.1 Å². The first kappa shape index (κ1) is 13.8. The number of hydrogen-bond acceptors (Lipinski definition) is 2. The second-order valence-electron chi connectivity index (χ2n) is 5.14. The summed E-state index contributed by atoms with van der Waals surface area (Å²) >= 11 is 0. The van der Waals surface area contributed by atoms with Crippen LogP contribution in [0.5, 0.6) is 0 Å². The van der Waals surface area contributed by atoms with Crippen LogP contribution in [0.1, 0.15) is 25.3 Å². The first-order valence-electron chi connectivity index (χ1n) is 6.87. The van der Waals surface area contributed by atoms with Gasteiger partial charge in [0, 0.05) is 12.6 Å². The molecule has 1 aliphatic heterocycles. The summed E-state index contributed by atoms with van der Waals surface area (Å²) in [6.07, 6.45) is 5.99. The van der Waals surface area contributed by atoms with Crippen molar-refractivity contribution in [2.75, 3.05) is 13.1 Å². The van der Waals surface area contributed by atoms with Crippen LogP contribution in [-0.2, 0) is 4.79 Å². The van der Waals surface area contributed by atoms with Crippen LogP contribution in [-0.4, -0.2) is 35.1 Å². The molecule has 102 valence electrons. The normalized spacial score (nSPS) is 24.7. The molecule has 1 heterocycles. The van der Waals surface area contributed by atoms with Gasteiger partial charge in [0.15, 0.2) is 0 Å². The molecule has 0 amide bonds. The Labute approximate surface area is 114 Å². The zero-order chi connectivity index (χ0) is 13.7. The Balaban J connectivity index is 1.92. The van der Waals surface area contributed by atoms with Gasteiger partial charge in [-0.15, -0.1) is 0 Å². The van der Waals surface area contributed by atoms with Crippen LogP contribution in [0, 0.1) is 5.92 Å². The van der Waals surface area contributed by atoms with E-state index in [9.17, 15) is 9.90 Å². The van der Waals surface area contributed by atoms with Gasteiger partial charge in [-0.2, -0.15) is 0 Å². The maximum atomic E-state index is 11.2. The number of hydrogen-bond donors (Lipinski definition) is 1. The minimum atomic E-state index is -0.663. The van der Waals surface area contributed by atoms with E-state index < -0.39 is 5.97 Å². The van der Waals surface area contributed by atoms with Gasteiger partial charge < -0.3 is 5.11 Å². The SMILES string of the molecule is C[C@@H]1[C@H](C(=O)O)CCCN1C/C=C/c1ccccc1. The first-order valence-corrected chi connectivity index (χ1v) is 6.87. The minimum absolute atomic E-state index is 0.117. The molecular formula is C16H21NO2. The van der Waals surface area contributed by atoms with Gasteiger partial charge in [-0.1, -0.05) is 42.5 Å². The number of rotatable bonds is 4. The van der Waals surface area contributed by atoms with E-state index in [0.717, 1.165) is 25.9 Å². The van der Waals surface area contributed by atoms with Crippen LogP contribution in [0.15, 0.2) is 36.4 Å². The highest BCUT2D eigenvalue weighted by Crippen LogP contribution is 2.23. The number of carbonyl (C=O) groups is 1. The third kappa shape index (κ3) is 3.67. The van der Waals surface area contributed by atoms with Gasteiger partial charge in [-0.05, 0) is 31.9 Å². The Morgan fingerprint density at radius 3 is 2.84 bits per heavy atom. The molecule has 2 rings (SSSR count). The lowest BCUT2D eigenvalue weighted by Gasteiger charge is -2.36. The lowest BCUT2D eigenvalue weighted by atomic mass is 9.90. The Bertz CT molecular complexity index is 441.